The van der Waals surface area contributed by atoms with Gasteiger partial charge in [-0.3, -0.25) is 4.79 Å². The summed E-state index contributed by atoms with van der Waals surface area (Å²) >= 11 is 0. The fourth-order valence-corrected chi connectivity index (χ4v) is 3.05. The number of amides is 2. The van der Waals surface area contributed by atoms with Gasteiger partial charge in [0.05, 0.1) is 0 Å². The van der Waals surface area contributed by atoms with Gasteiger partial charge in [-0.15, -0.1) is 0 Å². The third-order valence-electron chi connectivity index (χ3n) is 4.41. The predicted molar refractivity (Wildman–Crippen MR) is 95.1 cm³/mol. The smallest absolute Gasteiger partial charge is 0.407 e. The van der Waals surface area contributed by atoms with Crippen molar-refractivity contribution in [3.05, 3.63) is 71.5 Å². The predicted octanol–water partition coefficient (Wildman–Crippen LogP) is 3.40. The lowest BCUT2D eigenvalue weighted by atomic mass is 10.1. The van der Waals surface area contributed by atoms with Crippen LogP contribution in [0.5, 0.6) is 0 Å². The lowest BCUT2D eigenvalue weighted by Crippen LogP contribution is -2.37. The summed E-state index contributed by atoms with van der Waals surface area (Å²) in [4.78, 5) is 24.1. The lowest BCUT2D eigenvalue weighted by Gasteiger charge is -2.15. The number of halogens is 1. The van der Waals surface area contributed by atoms with Gasteiger partial charge in [-0.25, -0.2) is 9.18 Å². The summed E-state index contributed by atoms with van der Waals surface area (Å²) in [6.45, 7) is 0.226. The average Bonchev–Trinajstić information content (AvgIpc) is 3.08. The molecule has 2 aromatic carbocycles. The molecule has 1 aliphatic carbocycles. The molecule has 2 amide bonds. The standard InChI is InChI=1S/C20H21FN2O3/c21-16-8-6-15(7-9-16)19(24)22-17-10-11-18(12-17)23-20(25)26-13-14-4-2-1-3-5-14/h1-9,17-18H,10-13H2,(H,22,24)(H,23,25)/t17-,18+/m1/s1. The summed E-state index contributed by atoms with van der Waals surface area (Å²) in [7, 11) is 0. The topological polar surface area (TPSA) is 67.4 Å². The second kappa shape index (κ2) is 8.47. The van der Waals surface area contributed by atoms with E-state index < -0.39 is 6.09 Å². The van der Waals surface area contributed by atoms with E-state index in [1.54, 1.807) is 0 Å². The van der Waals surface area contributed by atoms with E-state index in [0.29, 0.717) is 12.0 Å². The number of hydrogen-bond donors (Lipinski definition) is 2. The molecule has 0 saturated heterocycles. The molecule has 2 aromatic rings. The maximum Gasteiger partial charge on any atom is 0.407 e. The van der Waals surface area contributed by atoms with Crippen LogP contribution in [0.3, 0.4) is 0 Å². The quantitative estimate of drug-likeness (QED) is 0.863. The maximum absolute atomic E-state index is 12.9. The molecule has 0 aromatic heterocycles. The highest BCUT2D eigenvalue weighted by Crippen LogP contribution is 2.20. The van der Waals surface area contributed by atoms with Crippen LogP contribution in [0.2, 0.25) is 0 Å². The van der Waals surface area contributed by atoms with Gasteiger partial charge < -0.3 is 15.4 Å². The van der Waals surface area contributed by atoms with Gasteiger partial charge in [0.2, 0.25) is 0 Å². The van der Waals surface area contributed by atoms with Gasteiger partial charge in [0, 0.05) is 17.6 Å². The number of rotatable bonds is 5. The first-order valence-corrected chi connectivity index (χ1v) is 8.64. The fraction of sp³-hybridized carbons (Fsp3) is 0.300. The number of ether oxygens (including phenoxy) is 1. The van der Waals surface area contributed by atoms with E-state index in [0.717, 1.165) is 18.4 Å². The lowest BCUT2D eigenvalue weighted by molar-refractivity contribution is 0.0937. The van der Waals surface area contributed by atoms with Gasteiger partial charge in [0.1, 0.15) is 12.4 Å². The van der Waals surface area contributed by atoms with Crippen LogP contribution in [0.4, 0.5) is 9.18 Å². The molecular weight excluding hydrogens is 335 g/mol. The minimum atomic E-state index is -0.454. The van der Waals surface area contributed by atoms with Crippen molar-refractivity contribution in [1.29, 1.82) is 0 Å². The Morgan fingerprint density at radius 3 is 2.31 bits per heavy atom. The summed E-state index contributed by atoms with van der Waals surface area (Å²) in [5.41, 5.74) is 1.35. The summed E-state index contributed by atoms with van der Waals surface area (Å²) in [6.07, 6.45) is 1.74. The Hall–Kier alpha value is -2.89. The minimum Gasteiger partial charge on any atom is -0.445 e. The number of nitrogens with one attached hydrogen (secondary N) is 2. The molecule has 0 radical (unpaired) electrons. The van der Waals surface area contributed by atoms with E-state index in [-0.39, 0.29) is 30.4 Å². The van der Waals surface area contributed by atoms with Crippen LogP contribution >= 0.6 is 0 Å². The Morgan fingerprint density at radius 1 is 0.962 bits per heavy atom. The zero-order chi connectivity index (χ0) is 18.4. The zero-order valence-corrected chi connectivity index (χ0v) is 14.3. The van der Waals surface area contributed by atoms with Gasteiger partial charge in [0.25, 0.3) is 5.91 Å². The Labute approximate surface area is 151 Å². The monoisotopic (exact) mass is 356 g/mol. The Morgan fingerprint density at radius 2 is 1.62 bits per heavy atom. The van der Waals surface area contributed by atoms with E-state index in [1.165, 1.54) is 24.3 Å². The number of carbonyl (C=O) groups excluding carboxylic acids is 2. The van der Waals surface area contributed by atoms with Gasteiger partial charge in [-0.2, -0.15) is 0 Å². The molecule has 0 spiro atoms. The summed E-state index contributed by atoms with van der Waals surface area (Å²) in [5, 5.41) is 5.76. The second-order valence-electron chi connectivity index (χ2n) is 6.39. The first-order valence-electron chi connectivity index (χ1n) is 8.64. The number of carbonyl (C=O) groups is 2. The number of hydrogen-bond acceptors (Lipinski definition) is 3. The van der Waals surface area contributed by atoms with Gasteiger partial charge in [0.15, 0.2) is 0 Å². The largest absolute Gasteiger partial charge is 0.445 e. The van der Waals surface area contributed by atoms with Crippen molar-refractivity contribution in [2.45, 2.75) is 38.0 Å². The van der Waals surface area contributed by atoms with Crippen LogP contribution in [-0.2, 0) is 11.3 Å². The van der Waals surface area contributed by atoms with E-state index in [9.17, 15) is 14.0 Å². The van der Waals surface area contributed by atoms with Crippen molar-refractivity contribution in [3.63, 3.8) is 0 Å². The molecule has 1 aliphatic rings. The molecule has 0 heterocycles. The zero-order valence-electron chi connectivity index (χ0n) is 14.3. The van der Waals surface area contributed by atoms with E-state index in [4.69, 9.17) is 4.74 Å². The van der Waals surface area contributed by atoms with Crippen molar-refractivity contribution in [2.24, 2.45) is 0 Å². The van der Waals surface area contributed by atoms with Crippen molar-refractivity contribution in [1.82, 2.24) is 10.6 Å². The fourth-order valence-electron chi connectivity index (χ4n) is 3.05. The molecule has 6 heteroatoms. The maximum atomic E-state index is 12.9. The Bertz CT molecular complexity index is 749. The first kappa shape index (κ1) is 17.9. The molecule has 136 valence electrons. The molecule has 0 bridgehead atoms. The SMILES string of the molecule is O=C(N[C@H]1CC[C@@H](NC(=O)c2ccc(F)cc2)C1)OCc1ccccc1. The highest BCUT2D eigenvalue weighted by Gasteiger charge is 2.27. The number of alkyl carbamates (subject to hydrolysis) is 1. The van der Waals surface area contributed by atoms with Crippen LogP contribution in [0.1, 0.15) is 35.2 Å². The van der Waals surface area contributed by atoms with Crippen LogP contribution in [0.25, 0.3) is 0 Å². The van der Waals surface area contributed by atoms with Crippen molar-refractivity contribution in [3.8, 4) is 0 Å². The highest BCUT2D eigenvalue weighted by atomic mass is 19.1. The van der Waals surface area contributed by atoms with Crippen molar-refractivity contribution < 1.29 is 18.7 Å². The second-order valence-corrected chi connectivity index (χ2v) is 6.39. The van der Waals surface area contributed by atoms with E-state index in [1.807, 2.05) is 30.3 Å². The van der Waals surface area contributed by atoms with E-state index >= 15 is 0 Å². The van der Waals surface area contributed by atoms with Crippen molar-refractivity contribution >= 4 is 12.0 Å². The van der Waals surface area contributed by atoms with Gasteiger partial charge >= 0.3 is 6.09 Å². The molecule has 26 heavy (non-hydrogen) atoms. The molecule has 2 N–H and O–H groups in total. The van der Waals surface area contributed by atoms with Crippen LogP contribution < -0.4 is 10.6 Å². The third-order valence-corrected chi connectivity index (χ3v) is 4.41. The molecular formula is C20H21FN2O3. The molecule has 0 unspecified atom stereocenters. The highest BCUT2D eigenvalue weighted by molar-refractivity contribution is 5.94. The average molecular weight is 356 g/mol. The number of benzene rings is 2. The van der Waals surface area contributed by atoms with Crippen LogP contribution in [0.15, 0.2) is 54.6 Å². The third kappa shape index (κ3) is 5.05. The minimum absolute atomic E-state index is 0.0213. The molecule has 1 fully saturated rings. The van der Waals surface area contributed by atoms with E-state index in [2.05, 4.69) is 10.6 Å². The van der Waals surface area contributed by atoms with Crippen molar-refractivity contribution in [2.75, 3.05) is 0 Å². The molecule has 1 saturated carbocycles. The summed E-state index contributed by atoms with van der Waals surface area (Å²) in [5.74, 6) is -0.608. The summed E-state index contributed by atoms with van der Waals surface area (Å²) in [6, 6.07) is 14.9. The molecule has 0 aliphatic heterocycles. The van der Waals surface area contributed by atoms with Gasteiger partial charge in [-0.1, -0.05) is 30.3 Å². The summed E-state index contributed by atoms with van der Waals surface area (Å²) < 4.78 is 18.1. The van der Waals surface area contributed by atoms with Crippen LogP contribution in [-0.4, -0.2) is 24.1 Å². The molecule has 3 rings (SSSR count). The van der Waals surface area contributed by atoms with Crippen LogP contribution in [0, 0.1) is 5.82 Å². The normalized spacial score (nSPS) is 19.0. The molecule has 2 atom stereocenters. The first-order chi connectivity index (χ1) is 12.6. The van der Waals surface area contributed by atoms with Gasteiger partial charge in [-0.05, 0) is 49.1 Å². The molecule has 5 nitrogen and oxygen atoms in total. The Kier molecular flexibility index (Phi) is 5.84. The Balaban J connectivity index is 1.41.